The average Bonchev–Trinajstić information content (AvgIpc) is 3.14. The molecule has 1 N–H and O–H groups in total. The van der Waals surface area contributed by atoms with E-state index < -0.39 is 6.09 Å². The number of hydroxylamine groups is 1. The second-order valence-electron chi connectivity index (χ2n) is 7.59. The SMILES string of the molecule is CCCCC(CNOCc1ccccc1)C(=O)N1C(=O)OCC1Cc1ccccc1. The van der Waals surface area contributed by atoms with Gasteiger partial charge in [0.1, 0.15) is 6.61 Å². The summed E-state index contributed by atoms with van der Waals surface area (Å²) in [5.41, 5.74) is 5.05. The van der Waals surface area contributed by atoms with Crippen molar-refractivity contribution in [2.45, 2.75) is 45.3 Å². The normalized spacial score (nSPS) is 17.0. The highest BCUT2D eigenvalue weighted by Crippen LogP contribution is 2.22. The van der Waals surface area contributed by atoms with Crippen LogP contribution >= 0.6 is 0 Å². The van der Waals surface area contributed by atoms with Crippen molar-refractivity contribution in [3.8, 4) is 0 Å². The highest BCUT2D eigenvalue weighted by molar-refractivity contribution is 5.95. The Bertz CT molecular complexity index is 797. The third-order valence-corrected chi connectivity index (χ3v) is 5.28. The van der Waals surface area contributed by atoms with Gasteiger partial charge in [0.2, 0.25) is 5.91 Å². The fraction of sp³-hybridized carbons (Fsp3) is 0.417. The van der Waals surface area contributed by atoms with Gasteiger partial charge in [-0.3, -0.25) is 9.63 Å². The summed E-state index contributed by atoms with van der Waals surface area (Å²) in [5.74, 6) is -0.535. The van der Waals surface area contributed by atoms with Crippen molar-refractivity contribution in [1.29, 1.82) is 0 Å². The van der Waals surface area contributed by atoms with Crippen LogP contribution in [0.1, 0.15) is 37.3 Å². The van der Waals surface area contributed by atoms with Crippen LogP contribution in [0, 0.1) is 5.92 Å². The fourth-order valence-corrected chi connectivity index (χ4v) is 3.60. The summed E-state index contributed by atoms with van der Waals surface area (Å²) in [7, 11) is 0. The highest BCUT2D eigenvalue weighted by Gasteiger charge is 2.40. The maximum atomic E-state index is 13.3. The number of carbonyl (C=O) groups is 2. The molecule has 0 bridgehead atoms. The molecule has 1 aliphatic heterocycles. The van der Waals surface area contributed by atoms with Crippen LogP contribution in [0.2, 0.25) is 0 Å². The molecule has 2 atom stereocenters. The molecule has 0 aromatic heterocycles. The zero-order chi connectivity index (χ0) is 21.2. The Morgan fingerprint density at radius 2 is 1.80 bits per heavy atom. The van der Waals surface area contributed by atoms with E-state index in [-0.39, 0.29) is 24.5 Å². The van der Waals surface area contributed by atoms with Gasteiger partial charge >= 0.3 is 6.09 Å². The van der Waals surface area contributed by atoms with Crippen LogP contribution in [-0.4, -0.2) is 36.1 Å². The monoisotopic (exact) mass is 410 g/mol. The highest BCUT2D eigenvalue weighted by atomic mass is 16.6. The Kier molecular flexibility index (Phi) is 8.41. The maximum absolute atomic E-state index is 13.3. The third kappa shape index (κ3) is 6.15. The van der Waals surface area contributed by atoms with E-state index in [1.807, 2.05) is 60.7 Å². The van der Waals surface area contributed by atoms with E-state index in [1.54, 1.807) is 0 Å². The van der Waals surface area contributed by atoms with Crippen LogP contribution in [0.25, 0.3) is 0 Å². The van der Waals surface area contributed by atoms with Crippen molar-refractivity contribution >= 4 is 12.0 Å². The number of imide groups is 1. The van der Waals surface area contributed by atoms with Crippen LogP contribution < -0.4 is 5.48 Å². The summed E-state index contributed by atoms with van der Waals surface area (Å²) >= 11 is 0. The molecule has 1 saturated heterocycles. The zero-order valence-electron chi connectivity index (χ0n) is 17.5. The molecule has 2 aromatic rings. The van der Waals surface area contributed by atoms with Gasteiger partial charge in [0.25, 0.3) is 0 Å². The predicted octanol–water partition coefficient (Wildman–Crippen LogP) is 4.10. The van der Waals surface area contributed by atoms with Gasteiger partial charge < -0.3 is 4.74 Å². The molecule has 1 heterocycles. The lowest BCUT2D eigenvalue weighted by Gasteiger charge is -2.25. The molecule has 6 heteroatoms. The molecule has 3 rings (SSSR count). The first-order valence-electron chi connectivity index (χ1n) is 10.6. The van der Waals surface area contributed by atoms with Gasteiger partial charge in [0.05, 0.1) is 18.6 Å². The number of amides is 2. The maximum Gasteiger partial charge on any atom is 0.416 e. The first kappa shape index (κ1) is 22.0. The van der Waals surface area contributed by atoms with Gasteiger partial charge in [-0.25, -0.2) is 15.2 Å². The van der Waals surface area contributed by atoms with Crippen molar-refractivity contribution in [1.82, 2.24) is 10.4 Å². The molecule has 2 aromatic carbocycles. The second kappa shape index (κ2) is 11.5. The molecular weight excluding hydrogens is 380 g/mol. The molecule has 0 aliphatic carbocycles. The number of benzene rings is 2. The molecular formula is C24H30N2O4. The summed E-state index contributed by atoms with van der Waals surface area (Å²) < 4.78 is 5.22. The molecule has 30 heavy (non-hydrogen) atoms. The van der Waals surface area contributed by atoms with Gasteiger partial charge in [-0.15, -0.1) is 0 Å². The van der Waals surface area contributed by atoms with E-state index in [1.165, 1.54) is 4.90 Å². The summed E-state index contributed by atoms with van der Waals surface area (Å²) in [6, 6.07) is 19.4. The van der Waals surface area contributed by atoms with E-state index in [0.29, 0.717) is 26.0 Å². The Morgan fingerprint density at radius 3 is 2.47 bits per heavy atom. The van der Waals surface area contributed by atoms with Crippen LogP contribution in [0.4, 0.5) is 4.79 Å². The van der Waals surface area contributed by atoms with Gasteiger partial charge in [0.15, 0.2) is 0 Å². The van der Waals surface area contributed by atoms with E-state index in [0.717, 1.165) is 24.0 Å². The van der Waals surface area contributed by atoms with E-state index in [4.69, 9.17) is 9.57 Å². The van der Waals surface area contributed by atoms with Crippen molar-refractivity contribution in [2.75, 3.05) is 13.2 Å². The van der Waals surface area contributed by atoms with Gasteiger partial charge in [-0.2, -0.15) is 0 Å². The first-order chi connectivity index (χ1) is 14.7. The largest absolute Gasteiger partial charge is 0.447 e. The zero-order valence-corrected chi connectivity index (χ0v) is 17.5. The lowest BCUT2D eigenvalue weighted by molar-refractivity contribution is -0.134. The van der Waals surface area contributed by atoms with Gasteiger partial charge in [-0.1, -0.05) is 80.4 Å². The van der Waals surface area contributed by atoms with Crippen LogP contribution in [0.5, 0.6) is 0 Å². The molecule has 0 saturated carbocycles. The lowest BCUT2D eigenvalue weighted by atomic mass is 9.99. The van der Waals surface area contributed by atoms with Crippen molar-refractivity contribution in [3.05, 3.63) is 71.8 Å². The molecule has 2 unspecified atom stereocenters. The van der Waals surface area contributed by atoms with E-state index in [9.17, 15) is 9.59 Å². The number of cyclic esters (lactones) is 1. The number of unbranched alkanes of at least 4 members (excludes halogenated alkanes) is 1. The number of carbonyl (C=O) groups excluding carboxylic acids is 2. The van der Waals surface area contributed by atoms with E-state index >= 15 is 0 Å². The number of ether oxygens (including phenoxy) is 1. The Labute approximate surface area is 178 Å². The molecule has 1 aliphatic rings. The van der Waals surface area contributed by atoms with Crippen molar-refractivity contribution in [2.24, 2.45) is 5.92 Å². The number of hydrogen-bond donors (Lipinski definition) is 1. The van der Waals surface area contributed by atoms with Crippen molar-refractivity contribution < 1.29 is 19.2 Å². The minimum atomic E-state index is -0.548. The van der Waals surface area contributed by atoms with Crippen LogP contribution in [0.3, 0.4) is 0 Å². The number of nitrogens with zero attached hydrogens (tertiary/aromatic N) is 1. The number of hydrogen-bond acceptors (Lipinski definition) is 5. The molecule has 0 spiro atoms. The quantitative estimate of drug-likeness (QED) is 0.446. The molecule has 1 fully saturated rings. The lowest BCUT2D eigenvalue weighted by Crippen LogP contribution is -2.46. The third-order valence-electron chi connectivity index (χ3n) is 5.28. The molecule has 0 radical (unpaired) electrons. The Morgan fingerprint density at radius 1 is 1.13 bits per heavy atom. The minimum Gasteiger partial charge on any atom is -0.447 e. The predicted molar refractivity (Wildman–Crippen MR) is 114 cm³/mol. The molecule has 2 amide bonds. The van der Waals surface area contributed by atoms with Gasteiger partial charge in [0, 0.05) is 6.54 Å². The standard InChI is InChI=1S/C24H30N2O4/c1-2-3-14-21(16-25-30-17-20-12-8-5-9-13-20)23(27)26-22(18-29-24(26)28)15-19-10-6-4-7-11-19/h4-13,21-22,25H,2-3,14-18H2,1H3. The fourth-order valence-electron chi connectivity index (χ4n) is 3.60. The minimum absolute atomic E-state index is 0.192. The van der Waals surface area contributed by atoms with E-state index in [2.05, 4.69) is 12.4 Å². The summed E-state index contributed by atoms with van der Waals surface area (Å²) in [6.45, 7) is 3.09. The summed E-state index contributed by atoms with van der Waals surface area (Å²) in [5, 5.41) is 0. The number of rotatable bonds is 11. The second-order valence-corrected chi connectivity index (χ2v) is 7.59. The molecule has 160 valence electrons. The first-order valence-corrected chi connectivity index (χ1v) is 10.6. The number of nitrogens with one attached hydrogen (secondary N) is 1. The van der Waals surface area contributed by atoms with Crippen LogP contribution in [-0.2, 0) is 27.4 Å². The molecule has 6 nitrogen and oxygen atoms in total. The van der Waals surface area contributed by atoms with Gasteiger partial charge in [-0.05, 0) is 24.0 Å². The Balaban J connectivity index is 1.59. The topological polar surface area (TPSA) is 67.9 Å². The smallest absolute Gasteiger partial charge is 0.416 e. The Hall–Kier alpha value is -2.70. The summed E-state index contributed by atoms with van der Waals surface area (Å²) in [6.07, 6.45) is 2.62. The summed E-state index contributed by atoms with van der Waals surface area (Å²) in [4.78, 5) is 32.5. The average molecular weight is 411 g/mol. The van der Waals surface area contributed by atoms with Crippen LogP contribution in [0.15, 0.2) is 60.7 Å². The van der Waals surface area contributed by atoms with Crippen molar-refractivity contribution in [3.63, 3.8) is 0 Å².